The van der Waals surface area contributed by atoms with E-state index in [-0.39, 0.29) is 18.3 Å². The Bertz CT molecular complexity index is 996. The summed E-state index contributed by atoms with van der Waals surface area (Å²) < 4.78 is 15.8. The van der Waals surface area contributed by atoms with E-state index in [0.29, 0.717) is 21.6 Å². The van der Waals surface area contributed by atoms with Gasteiger partial charge in [0, 0.05) is 12.5 Å². The maximum atomic E-state index is 13.6. The molecule has 7 heteroatoms. The van der Waals surface area contributed by atoms with Crippen LogP contribution < -0.4 is 5.32 Å². The van der Waals surface area contributed by atoms with Gasteiger partial charge in [0.1, 0.15) is 5.82 Å². The molecule has 0 unspecified atom stereocenters. The zero-order valence-corrected chi connectivity index (χ0v) is 16.3. The minimum absolute atomic E-state index is 0.227. The summed E-state index contributed by atoms with van der Waals surface area (Å²) in [6.07, 6.45) is 2.05. The fraction of sp³-hybridized carbons (Fsp3) is 0.250. The second kappa shape index (κ2) is 7.23. The maximum absolute atomic E-state index is 13.6. The molecule has 1 aromatic heterocycles. The predicted octanol–water partition coefficient (Wildman–Crippen LogP) is 4.28. The lowest BCUT2D eigenvalue weighted by Crippen LogP contribution is -2.24. The molecule has 0 saturated heterocycles. The van der Waals surface area contributed by atoms with Crippen molar-refractivity contribution in [3.8, 4) is 5.69 Å². The number of carbonyl (C=O) groups excluding carboxylic acids is 1. The molecule has 0 spiro atoms. The molecule has 1 heterocycles. The number of rotatable bonds is 5. The van der Waals surface area contributed by atoms with Crippen LogP contribution >= 0.6 is 15.9 Å². The van der Waals surface area contributed by atoms with Crippen molar-refractivity contribution in [2.45, 2.75) is 32.2 Å². The number of nitrogens with one attached hydrogen (secondary N) is 1. The van der Waals surface area contributed by atoms with Crippen LogP contribution in [-0.2, 0) is 6.54 Å². The Labute approximate surface area is 164 Å². The average Bonchev–Trinajstić information content (AvgIpc) is 3.41. The average molecular weight is 429 g/mol. The molecule has 0 bridgehead atoms. The quantitative estimate of drug-likeness (QED) is 0.659. The van der Waals surface area contributed by atoms with Crippen LogP contribution in [0.2, 0.25) is 0 Å². The second-order valence-corrected chi connectivity index (χ2v) is 7.63. The molecule has 1 amide bonds. The number of aromatic nitrogens is 3. The van der Waals surface area contributed by atoms with Crippen molar-refractivity contribution in [1.29, 1.82) is 0 Å². The summed E-state index contributed by atoms with van der Waals surface area (Å²) in [6, 6.07) is 12.8. The number of hydrogen-bond acceptors (Lipinski definition) is 3. The molecule has 2 aromatic carbocycles. The number of carbonyl (C=O) groups is 1. The van der Waals surface area contributed by atoms with E-state index < -0.39 is 0 Å². The molecular weight excluding hydrogens is 411 g/mol. The zero-order valence-electron chi connectivity index (χ0n) is 14.7. The highest BCUT2D eigenvalue weighted by molar-refractivity contribution is 9.10. The minimum Gasteiger partial charge on any atom is -0.347 e. The summed E-state index contributed by atoms with van der Waals surface area (Å²) in [6.45, 7) is 2.25. The van der Waals surface area contributed by atoms with Gasteiger partial charge < -0.3 is 5.32 Å². The van der Waals surface area contributed by atoms with Crippen LogP contribution in [0.25, 0.3) is 5.69 Å². The van der Waals surface area contributed by atoms with Crippen molar-refractivity contribution in [2.75, 3.05) is 0 Å². The molecule has 1 aliphatic rings. The fourth-order valence-corrected chi connectivity index (χ4v) is 3.21. The first kappa shape index (κ1) is 17.9. The van der Waals surface area contributed by atoms with Gasteiger partial charge in [0.15, 0.2) is 5.69 Å². The highest BCUT2D eigenvalue weighted by atomic mass is 79.9. The largest absolute Gasteiger partial charge is 0.347 e. The Kier molecular flexibility index (Phi) is 4.78. The predicted molar refractivity (Wildman–Crippen MR) is 103 cm³/mol. The van der Waals surface area contributed by atoms with Crippen molar-refractivity contribution >= 4 is 21.8 Å². The SMILES string of the molecule is Cc1ccc(-n2nnc(C(=O)NCc3ccc(Br)c(F)c3)c2C2CC2)cc1. The summed E-state index contributed by atoms with van der Waals surface area (Å²) in [7, 11) is 0. The van der Waals surface area contributed by atoms with E-state index in [1.807, 2.05) is 31.2 Å². The monoisotopic (exact) mass is 428 g/mol. The van der Waals surface area contributed by atoms with Crippen molar-refractivity contribution < 1.29 is 9.18 Å². The summed E-state index contributed by atoms with van der Waals surface area (Å²) in [5.41, 5.74) is 3.92. The van der Waals surface area contributed by atoms with E-state index in [1.165, 1.54) is 6.07 Å². The van der Waals surface area contributed by atoms with Crippen LogP contribution in [0.5, 0.6) is 0 Å². The van der Waals surface area contributed by atoms with Gasteiger partial charge in [-0.3, -0.25) is 4.79 Å². The fourth-order valence-electron chi connectivity index (χ4n) is 2.97. The number of aryl methyl sites for hydroxylation is 1. The van der Waals surface area contributed by atoms with Gasteiger partial charge in [-0.05, 0) is 65.5 Å². The Morgan fingerprint density at radius 3 is 2.67 bits per heavy atom. The number of amides is 1. The van der Waals surface area contributed by atoms with E-state index >= 15 is 0 Å². The summed E-state index contributed by atoms with van der Waals surface area (Å²) in [5, 5.41) is 11.2. The van der Waals surface area contributed by atoms with Crippen LogP contribution in [0.3, 0.4) is 0 Å². The maximum Gasteiger partial charge on any atom is 0.274 e. The van der Waals surface area contributed by atoms with E-state index in [9.17, 15) is 9.18 Å². The Morgan fingerprint density at radius 2 is 2.00 bits per heavy atom. The van der Waals surface area contributed by atoms with Crippen LogP contribution in [0, 0.1) is 12.7 Å². The molecule has 4 rings (SSSR count). The van der Waals surface area contributed by atoms with Crippen molar-refractivity contribution in [1.82, 2.24) is 20.3 Å². The third kappa shape index (κ3) is 3.78. The lowest BCUT2D eigenvalue weighted by atomic mass is 10.1. The third-order valence-electron chi connectivity index (χ3n) is 4.60. The van der Waals surface area contributed by atoms with Gasteiger partial charge in [-0.25, -0.2) is 9.07 Å². The number of halogens is 2. The molecule has 0 radical (unpaired) electrons. The van der Waals surface area contributed by atoms with E-state index in [2.05, 4.69) is 31.6 Å². The molecule has 138 valence electrons. The van der Waals surface area contributed by atoms with Crippen LogP contribution in [-0.4, -0.2) is 20.9 Å². The highest BCUT2D eigenvalue weighted by Gasteiger charge is 2.34. The molecule has 0 atom stereocenters. The van der Waals surface area contributed by atoms with Crippen molar-refractivity contribution in [3.05, 3.63) is 75.3 Å². The summed E-state index contributed by atoms with van der Waals surface area (Å²) in [4.78, 5) is 12.7. The Morgan fingerprint density at radius 1 is 1.26 bits per heavy atom. The summed E-state index contributed by atoms with van der Waals surface area (Å²) in [5.74, 6) is -0.350. The molecule has 1 saturated carbocycles. The van der Waals surface area contributed by atoms with E-state index in [1.54, 1.807) is 16.8 Å². The van der Waals surface area contributed by atoms with Gasteiger partial charge in [0.2, 0.25) is 0 Å². The smallest absolute Gasteiger partial charge is 0.274 e. The summed E-state index contributed by atoms with van der Waals surface area (Å²) >= 11 is 3.12. The van der Waals surface area contributed by atoms with Gasteiger partial charge in [-0.1, -0.05) is 29.0 Å². The van der Waals surface area contributed by atoms with Gasteiger partial charge >= 0.3 is 0 Å². The molecule has 3 aromatic rings. The minimum atomic E-state index is -0.356. The number of hydrogen-bond donors (Lipinski definition) is 1. The van der Waals surface area contributed by atoms with E-state index in [0.717, 1.165) is 29.8 Å². The second-order valence-electron chi connectivity index (χ2n) is 6.78. The molecule has 1 aliphatic carbocycles. The molecule has 5 nitrogen and oxygen atoms in total. The van der Waals surface area contributed by atoms with Crippen molar-refractivity contribution in [2.24, 2.45) is 0 Å². The lowest BCUT2D eigenvalue weighted by Gasteiger charge is -2.08. The lowest BCUT2D eigenvalue weighted by molar-refractivity contribution is 0.0944. The van der Waals surface area contributed by atoms with Gasteiger partial charge in [0.05, 0.1) is 15.9 Å². The first-order valence-corrected chi connectivity index (χ1v) is 9.57. The Balaban J connectivity index is 1.57. The van der Waals surface area contributed by atoms with Crippen molar-refractivity contribution in [3.63, 3.8) is 0 Å². The highest BCUT2D eigenvalue weighted by Crippen LogP contribution is 2.42. The normalized spacial score (nSPS) is 13.6. The van der Waals surface area contributed by atoms with Crippen LogP contribution in [0.15, 0.2) is 46.9 Å². The zero-order chi connectivity index (χ0) is 19.0. The van der Waals surface area contributed by atoms with Gasteiger partial charge in [-0.2, -0.15) is 0 Å². The molecule has 0 aliphatic heterocycles. The Hall–Kier alpha value is -2.54. The standard InChI is InChI=1S/C20H18BrFN4O/c1-12-2-7-15(8-3-12)26-19(14-5-6-14)18(24-25-26)20(27)23-11-13-4-9-16(21)17(22)10-13/h2-4,7-10,14H,5-6,11H2,1H3,(H,23,27). The van der Waals surface area contributed by atoms with Crippen LogP contribution in [0.4, 0.5) is 4.39 Å². The topological polar surface area (TPSA) is 59.8 Å². The number of nitrogens with zero attached hydrogens (tertiary/aromatic N) is 3. The molecule has 1 fully saturated rings. The van der Waals surface area contributed by atoms with E-state index in [4.69, 9.17) is 0 Å². The third-order valence-corrected chi connectivity index (χ3v) is 5.24. The molecular formula is C20H18BrFN4O. The first-order valence-electron chi connectivity index (χ1n) is 8.77. The van der Waals surface area contributed by atoms with Gasteiger partial charge in [-0.15, -0.1) is 5.10 Å². The first-order chi connectivity index (χ1) is 13.0. The van der Waals surface area contributed by atoms with Crippen LogP contribution in [0.1, 0.15) is 46.1 Å². The number of benzene rings is 2. The molecule has 27 heavy (non-hydrogen) atoms. The van der Waals surface area contributed by atoms with Gasteiger partial charge in [0.25, 0.3) is 5.91 Å². The molecule has 1 N–H and O–H groups in total.